The van der Waals surface area contributed by atoms with Gasteiger partial charge in [-0.05, 0) is 18.8 Å². The van der Waals surface area contributed by atoms with Crippen molar-refractivity contribution in [3.8, 4) is 0 Å². The molecule has 2 unspecified atom stereocenters. The van der Waals surface area contributed by atoms with E-state index in [1.807, 2.05) is 0 Å². The van der Waals surface area contributed by atoms with Crippen LogP contribution < -0.4 is 0 Å². The molecule has 2 aliphatic rings. The number of ether oxygens (including phenoxy) is 1. The number of rotatable bonds is 2. The summed E-state index contributed by atoms with van der Waals surface area (Å²) in [6.07, 6.45) is 3.99. The van der Waals surface area contributed by atoms with Crippen LogP contribution in [0.25, 0.3) is 0 Å². The normalized spacial score (nSPS) is 30.6. The van der Waals surface area contributed by atoms with Gasteiger partial charge in [-0.1, -0.05) is 6.42 Å². The first-order chi connectivity index (χ1) is 6.72. The predicted molar refractivity (Wildman–Crippen MR) is 49.5 cm³/mol. The maximum atomic E-state index is 11.6. The van der Waals surface area contributed by atoms with E-state index in [2.05, 4.69) is 4.74 Å². The summed E-state index contributed by atoms with van der Waals surface area (Å²) in [5.74, 6) is 0.295. The average molecular weight is 197 g/mol. The largest absolute Gasteiger partial charge is 0.468 e. The molecule has 78 valence electrons. The number of amides is 1. The van der Waals surface area contributed by atoms with Crippen LogP contribution >= 0.6 is 0 Å². The van der Waals surface area contributed by atoms with Crippen molar-refractivity contribution < 1.29 is 14.3 Å². The maximum Gasteiger partial charge on any atom is 0.325 e. The standard InChI is InChI=1S/C10H15NO3/c1-14-10(13)6-11-8-4-2-3-7(8)5-9(11)12/h7-8H,2-6H2,1H3. The van der Waals surface area contributed by atoms with Crippen LogP contribution in [0.2, 0.25) is 0 Å². The Bertz CT molecular complexity index is 264. The molecule has 0 aromatic carbocycles. The molecule has 2 fully saturated rings. The van der Waals surface area contributed by atoms with Crippen molar-refractivity contribution in [1.29, 1.82) is 0 Å². The topological polar surface area (TPSA) is 46.6 Å². The van der Waals surface area contributed by atoms with Crippen LogP contribution in [0.1, 0.15) is 25.7 Å². The molecule has 0 aromatic rings. The van der Waals surface area contributed by atoms with Crippen molar-refractivity contribution >= 4 is 11.9 Å². The number of carbonyl (C=O) groups is 2. The molecule has 0 bridgehead atoms. The Balaban J connectivity index is 2.02. The predicted octanol–water partition coefficient (Wildman–Crippen LogP) is 0.560. The summed E-state index contributed by atoms with van der Waals surface area (Å²) in [5, 5.41) is 0. The van der Waals surface area contributed by atoms with Gasteiger partial charge < -0.3 is 9.64 Å². The van der Waals surface area contributed by atoms with Crippen molar-refractivity contribution in [1.82, 2.24) is 4.90 Å². The number of hydrogen-bond donors (Lipinski definition) is 0. The first kappa shape index (κ1) is 9.49. The van der Waals surface area contributed by atoms with E-state index < -0.39 is 0 Å². The third-order valence-corrected chi connectivity index (χ3v) is 3.30. The summed E-state index contributed by atoms with van der Waals surface area (Å²) in [4.78, 5) is 24.3. The van der Waals surface area contributed by atoms with Crippen LogP contribution in [-0.2, 0) is 14.3 Å². The van der Waals surface area contributed by atoms with Gasteiger partial charge in [-0.3, -0.25) is 9.59 Å². The van der Waals surface area contributed by atoms with Crippen molar-refractivity contribution in [2.45, 2.75) is 31.7 Å². The van der Waals surface area contributed by atoms with Gasteiger partial charge in [0, 0.05) is 12.5 Å². The average Bonchev–Trinajstić information content (AvgIpc) is 2.70. The second kappa shape index (κ2) is 3.59. The second-order valence-electron chi connectivity index (χ2n) is 4.06. The van der Waals surface area contributed by atoms with Gasteiger partial charge in [0.05, 0.1) is 7.11 Å². The van der Waals surface area contributed by atoms with Gasteiger partial charge >= 0.3 is 5.97 Å². The fourth-order valence-corrected chi connectivity index (χ4v) is 2.60. The molecule has 1 saturated heterocycles. The molecule has 4 heteroatoms. The highest BCUT2D eigenvalue weighted by molar-refractivity contribution is 5.84. The van der Waals surface area contributed by atoms with Gasteiger partial charge in [0.15, 0.2) is 0 Å². The Morgan fingerprint density at radius 3 is 3.07 bits per heavy atom. The molecule has 2 atom stereocenters. The van der Waals surface area contributed by atoms with E-state index in [9.17, 15) is 9.59 Å². The van der Waals surface area contributed by atoms with Crippen LogP contribution in [0, 0.1) is 5.92 Å². The van der Waals surface area contributed by atoms with E-state index in [0.29, 0.717) is 18.4 Å². The summed E-state index contributed by atoms with van der Waals surface area (Å²) >= 11 is 0. The summed E-state index contributed by atoms with van der Waals surface area (Å²) < 4.78 is 4.58. The lowest BCUT2D eigenvalue weighted by molar-refractivity contribution is -0.146. The molecule has 1 amide bonds. The lowest BCUT2D eigenvalue weighted by Gasteiger charge is -2.22. The van der Waals surface area contributed by atoms with Crippen LogP contribution in [0.15, 0.2) is 0 Å². The van der Waals surface area contributed by atoms with Gasteiger partial charge in [-0.15, -0.1) is 0 Å². The molecule has 4 nitrogen and oxygen atoms in total. The van der Waals surface area contributed by atoms with Crippen LogP contribution in [0.5, 0.6) is 0 Å². The Morgan fingerprint density at radius 1 is 1.57 bits per heavy atom. The molecule has 0 radical (unpaired) electrons. The molecule has 0 spiro atoms. The number of fused-ring (bicyclic) bond motifs is 1. The minimum atomic E-state index is -0.314. The number of likely N-dealkylation sites (tertiary alicyclic amines) is 1. The highest BCUT2D eigenvalue weighted by atomic mass is 16.5. The number of carbonyl (C=O) groups excluding carboxylic acids is 2. The molecule has 1 aliphatic heterocycles. The third-order valence-electron chi connectivity index (χ3n) is 3.30. The van der Waals surface area contributed by atoms with E-state index in [4.69, 9.17) is 0 Å². The molecule has 0 N–H and O–H groups in total. The number of hydrogen-bond acceptors (Lipinski definition) is 3. The minimum absolute atomic E-state index is 0.116. The molecule has 1 aliphatic carbocycles. The smallest absolute Gasteiger partial charge is 0.325 e. The molecule has 1 heterocycles. The third kappa shape index (κ3) is 1.49. The highest BCUT2D eigenvalue weighted by Gasteiger charge is 2.42. The van der Waals surface area contributed by atoms with Crippen LogP contribution in [0.3, 0.4) is 0 Å². The molecule has 14 heavy (non-hydrogen) atoms. The molecule has 2 rings (SSSR count). The second-order valence-corrected chi connectivity index (χ2v) is 4.06. The fraction of sp³-hybridized carbons (Fsp3) is 0.800. The first-order valence-corrected chi connectivity index (χ1v) is 5.08. The Hall–Kier alpha value is -1.06. The van der Waals surface area contributed by atoms with Crippen molar-refractivity contribution in [3.63, 3.8) is 0 Å². The number of nitrogens with zero attached hydrogens (tertiary/aromatic N) is 1. The lowest BCUT2D eigenvalue weighted by Crippen LogP contribution is -2.37. The highest BCUT2D eigenvalue weighted by Crippen LogP contribution is 2.38. The van der Waals surface area contributed by atoms with Gasteiger partial charge in [0.25, 0.3) is 0 Å². The molecular weight excluding hydrogens is 182 g/mol. The van der Waals surface area contributed by atoms with E-state index in [-0.39, 0.29) is 18.4 Å². The summed E-state index contributed by atoms with van der Waals surface area (Å²) in [7, 11) is 1.36. The quantitative estimate of drug-likeness (QED) is 0.608. The molecule has 1 saturated carbocycles. The van der Waals surface area contributed by atoms with Gasteiger partial charge in [0.1, 0.15) is 6.54 Å². The van der Waals surface area contributed by atoms with E-state index in [1.54, 1.807) is 4.90 Å². The van der Waals surface area contributed by atoms with Gasteiger partial charge in [0.2, 0.25) is 5.91 Å². The summed E-state index contributed by atoms with van der Waals surface area (Å²) in [6.45, 7) is 0.135. The SMILES string of the molecule is COC(=O)CN1C(=O)CC2CCCC21. The molecular formula is C10H15NO3. The van der Waals surface area contributed by atoms with Crippen molar-refractivity contribution in [3.05, 3.63) is 0 Å². The fourth-order valence-electron chi connectivity index (χ4n) is 2.60. The Kier molecular flexibility index (Phi) is 2.44. The molecule has 0 aromatic heterocycles. The summed E-state index contributed by atoms with van der Waals surface area (Å²) in [5.41, 5.74) is 0. The van der Waals surface area contributed by atoms with Crippen molar-refractivity contribution in [2.75, 3.05) is 13.7 Å². The zero-order valence-corrected chi connectivity index (χ0v) is 8.36. The van der Waals surface area contributed by atoms with E-state index >= 15 is 0 Å². The maximum absolute atomic E-state index is 11.6. The Morgan fingerprint density at radius 2 is 2.36 bits per heavy atom. The monoisotopic (exact) mass is 197 g/mol. The van der Waals surface area contributed by atoms with Crippen LogP contribution in [-0.4, -0.2) is 36.5 Å². The number of esters is 1. The first-order valence-electron chi connectivity index (χ1n) is 5.08. The van der Waals surface area contributed by atoms with Gasteiger partial charge in [-0.25, -0.2) is 0 Å². The number of methoxy groups -OCH3 is 1. The lowest BCUT2D eigenvalue weighted by atomic mass is 10.0. The zero-order valence-electron chi connectivity index (χ0n) is 8.36. The van der Waals surface area contributed by atoms with E-state index in [1.165, 1.54) is 13.5 Å². The van der Waals surface area contributed by atoms with Gasteiger partial charge in [-0.2, -0.15) is 0 Å². The minimum Gasteiger partial charge on any atom is -0.468 e. The van der Waals surface area contributed by atoms with Crippen LogP contribution in [0.4, 0.5) is 0 Å². The zero-order chi connectivity index (χ0) is 10.1. The summed E-state index contributed by atoms with van der Waals surface area (Å²) in [6, 6.07) is 0.307. The van der Waals surface area contributed by atoms with E-state index in [0.717, 1.165) is 12.8 Å². The Labute approximate surface area is 83.2 Å². The van der Waals surface area contributed by atoms with Crippen molar-refractivity contribution in [2.24, 2.45) is 5.92 Å².